The zero-order valence-electron chi connectivity index (χ0n) is 18.2. The second-order valence-electron chi connectivity index (χ2n) is 7.27. The zero-order valence-corrected chi connectivity index (χ0v) is 19.0. The Hall–Kier alpha value is -3.33. The minimum atomic E-state index is 0.0639. The van der Waals surface area contributed by atoms with Gasteiger partial charge in [0.2, 0.25) is 5.91 Å². The first-order valence-electron chi connectivity index (χ1n) is 10.2. The van der Waals surface area contributed by atoms with Gasteiger partial charge in [-0.3, -0.25) is 14.3 Å². The molecule has 0 N–H and O–H groups in total. The number of aromatic nitrogens is 4. The summed E-state index contributed by atoms with van der Waals surface area (Å²) in [6.07, 6.45) is 6.02. The third kappa shape index (κ3) is 4.47. The number of amides is 1. The molecule has 2 aromatic heterocycles. The molecular formula is C23H25N5O3S. The Kier molecular flexibility index (Phi) is 6.75. The highest BCUT2D eigenvalue weighted by Gasteiger charge is 2.24. The van der Waals surface area contributed by atoms with E-state index >= 15 is 0 Å². The molecule has 1 amide bonds. The summed E-state index contributed by atoms with van der Waals surface area (Å²) in [6, 6.07) is 7.74. The van der Waals surface area contributed by atoms with Crippen LogP contribution in [0.3, 0.4) is 0 Å². The van der Waals surface area contributed by atoms with Crippen LogP contribution in [-0.2, 0) is 24.3 Å². The fraction of sp³-hybridized carbons (Fsp3) is 0.304. The first kappa shape index (κ1) is 21.9. The standard InChI is InChI=1S/C23H25N5O3S/c1-4-10-28-22(16-5-8-24-9-6-16)25-26-23(28)32-15-21(29)27-11-7-17-12-19(30-2)20(31-3)13-18(17)14-27/h4-6,8-9,12-13H,1,7,10-11,14-15H2,2-3H3. The summed E-state index contributed by atoms with van der Waals surface area (Å²) >= 11 is 1.39. The van der Waals surface area contributed by atoms with Crippen molar-refractivity contribution in [2.45, 2.75) is 24.7 Å². The highest BCUT2D eigenvalue weighted by molar-refractivity contribution is 7.99. The van der Waals surface area contributed by atoms with Gasteiger partial charge in [-0.05, 0) is 41.8 Å². The summed E-state index contributed by atoms with van der Waals surface area (Å²) in [7, 11) is 3.25. The topological polar surface area (TPSA) is 82.4 Å². The molecule has 0 spiro atoms. The van der Waals surface area contributed by atoms with Gasteiger partial charge in [0.05, 0.1) is 20.0 Å². The van der Waals surface area contributed by atoms with Crippen molar-refractivity contribution in [3.05, 3.63) is 60.4 Å². The summed E-state index contributed by atoms with van der Waals surface area (Å²) in [6.45, 7) is 5.61. The minimum Gasteiger partial charge on any atom is -0.493 e. The fourth-order valence-electron chi connectivity index (χ4n) is 3.72. The number of rotatable bonds is 8. The monoisotopic (exact) mass is 451 g/mol. The van der Waals surface area contributed by atoms with E-state index in [0.717, 1.165) is 23.4 Å². The average Bonchev–Trinajstić information content (AvgIpc) is 3.24. The highest BCUT2D eigenvalue weighted by atomic mass is 32.2. The summed E-state index contributed by atoms with van der Waals surface area (Å²) < 4.78 is 12.8. The van der Waals surface area contributed by atoms with Gasteiger partial charge in [-0.15, -0.1) is 16.8 Å². The lowest BCUT2D eigenvalue weighted by Crippen LogP contribution is -2.37. The van der Waals surface area contributed by atoms with Crippen molar-refractivity contribution < 1.29 is 14.3 Å². The number of allylic oxidation sites excluding steroid dienone is 1. The Labute approximate surface area is 191 Å². The van der Waals surface area contributed by atoms with Gasteiger partial charge in [0.1, 0.15) is 0 Å². The van der Waals surface area contributed by atoms with Gasteiger partial charge in [0.25, 0.3) is 0 Å². The number of ether oxygens (including phenoxy) is 2. The first-order chi connectivity index (χ1) is 15.6. The molecule has 1 aromatic carbocycles. The highest BCUT2D eigenvalue weighted by Crippen LogP contribution is 2.33. The maximum absolute atomic E-state index is 13.0. The quantitative estimate of drug-likeness (QED) is 0.384. The Balaban J connectivity index is 1.46. The molecule has 166 valence electrons. The zero-order chi connectivity index (χ0) is 22.5. The van der Waals surface area contributed by atoms with Crippen LogP contribution in [0.15, 0.2) is 54.5 Å². The largest absolute Gasteiger partial charge is 0.493 e. The molecule has 0 aliphatic carbocycles. The lowest BCUT2D eigenvalue weighted by Gasteiger charge is -2.29. The second kappa shape index (κ2) is 9.86. The van der Waals surface area contributed by atoms with Crippen LogP contribution in [0.2, 0.25) is 0 Å². The van der Waals surface area contributed by atoms with Gasteiger partial charge in [0.15, 0.2) is 22.5 Å². The third-order valence-electron chi connectivity index (χ3n) is 5.36. The van der Waals surface area contributed by atoms with Crippen LogP contribution in [0.25, 0.3) is 11.4 Å². The van der Waals surface area contributed by atoms with Crippen LogP contribution in [0.5, 0.6) is 11.5 Å². The lowest BCUT2D eigenvalue weighted by molar-refractivity contribution is -0.129. The molecule has 1 aliphatic heterocycles. The molecule has 0 radical (unpaired) electrons. The Bertz CT molecular complexity index is 1120. The number of hydrogen-bond acceptors (Lipinski definition) is 7. The molecule has 4 rings (SSSR count). The molecule has 8 nitrogen and oxygen atoms in total. The van der Waals surface area contributed by atoms with Crippen molar-refractivity contribution in [3.63, 3.8) is 0 Å². The van der Waals surface area contributed by atoms with Crippen LogP contribution < -0.4 is 9.47 Å². The third-order valence-corrected chi connectivity index (χ3v) is 6.31. The summed E-state index contributed by atoms with van der Waals surface area (Å²) in [4.78, 5) is 18.9. The number of nitrogens with zero attached hydrogens (tertiary/aromatic N) is 5. The van der Waals surface area contributed by atoms with Crippen LogP contribution in [0.4, 0.5) is 0 Å². The number of fused-ring (bicyclic) bond motifs is 1. The first-order valence-corrected chi connectivity index (χ1v) is 11.2. The number of benzene rings is 1. The number of methoxy groups -OCH3 is 2. The van der Waals surface area contributed by atoms with Gasteiger partial charge in [0, 0.05) is 37.6 Å². The minimum absolute atomic E-state index is 0.0639. The maximum Gasteiger partial charge on any atom is 0.233 e. The van der Waals surface area contributed by atoms with E-state index in [-0.39, 0.29) is 11.7 Å². The van der Waals surface area contributed by atoms with E-state index in [0.29, 0.717) is 36.3 Å². The molecule has 9 heteroatoms. The van der Waals surface area contributed by atoms with E-state index in [1.165, 1.54) is 17.3 Å². The van der Waals surface area contributed by atoms with E-state index in [1.54, 1.807) is 32.7 Å². The molecule has 0 saturated carbocycles. The molecular weight excluding hydrogens is 426 g/mol. The second-order valence-corrected chi connectivity index (χ2v) is 8.21. The van der Waals surface area contributed by atoms with Gasteiger partial charge >= 0.3 is 0 Å². The van der Waals surface area contributed by atoms with Gasteiger partial charge in [-0.1, -0.05) is 17.8 Å². The molecule has 0 bridgehead atoms. The van der Waals surface area contributed by atoms with Crippen LogP contribution >= 0.6 is 11.8 Å². The number of hydrogen-bond donors (Lipinski definition) is 0. The molecule has 3 aromatic rings. The average molecular weight is 452 g/mol. The van der Waals surface area contributed by atoms with Crippen LogP contribution in [0.1, 0.15) is 11.1 Å². The maximum atomic E-state index is 13.0. The van der Waals surface area contributed by atoms with Crippen molar-refractivity contribution in [3.8, 4) is 22.9 Å². The number of thioether (sulfide) groups is 1. The van der Waals surface area contributed by atoms with E-state index in [2.05, 4.69) is 21.8 Å². The van der Waals surface area contributed by atoms with E-state index in [9.17, 15) is 4.79 Å². The number of carbonyl (C=O) groups is 1. The van der Waals surface area contributed by atoms with E-state index in [1.807, 2.05) is 33.7 Å². The van der Waals surface area contributed by atoms with Crippen LogP contribution in [0, 0.1) is 0 Å². The van der Waals surface area contributed by atoms with E-state index < -0.39 is 0 Å². The molecule has 32 heavy (non-hydrogen) atoms. The van der Waals surface area contributed by atoms with Gasteiger partial charge in [-0.2, -0.15) is 0 Å². The summed E-state index contributed by atoms with van der Waals surface area (Å²) in [5.74, 6) is 2.47. The lowest BCUT2D eigenvalue weighted by atomic mass is 9.99. The molecule has 0 unspecified atom stereocenters. The SMILES string of the molecule is C=CCn1c(SCC(=O)N2CCc3cc(OC)c(OC)cc3C2)nnc1-c1ccncc1. The summed E-state index contributed by atoms with van der Waals surface area (Å²) in [5.41, 5.74) is 3.19. The van der Waals surface area contributed by atoms with Gasteiger partial charge < -0.3 is 14.4 Å². The van der Waals surface area contributed by atoms with Crippen molar-refractivity contribution in [2.75, 3.05) is 26.5 Å². The van der Waals surface area contributed by atoms with Crippen molar-refractivity contribution >= 4 is 17.7 Å². The van der Waals surface area contributed by atoms with Gasteiger partial charge in [-0.25, -0.2) is 0 Å². The predicted molar refractivity (Wildman–Crippen MR) is 123 cm³/mol. The molecule has 1 aliphatic rings. The van der Waals surface area contributed by atoms with E-state index in [4.69, 9.17) is 9.47 Å². The van der Waals surface area contributed by atoms with Crippen molar-refractivity contribution in [1.82, 2.24) is 24.6 Å². The Morgan fingerprint density at radius 3 is 2.56 bits per heavy atom. The Morgan fingerprint density at radius 1 is 1.16 bits per heavy atom. The van der Waals surface area contributed by atoms with Crippen LogP contribution in [-0.4, -0.2) is 57.1 Å². The number of carbonyl (C=O) groups excluding carboxylic acids is 1. The fourth-order valence-corrected chi connectivity index (χ4v) is 4.57. The van der Waals surface area contributed by atoms with Crippen molar-refractivity contribution in [2.24, 2.45) is 0 Å². The molecule has 0 saturated heterocycles. The predicted octanol–water partition coefficient (Wildman–Crippen LogP) is 3.22. The van der Waals surface area contributed by atoms with Crippen molar-refractivity contribution in [1.29, 1.82) is 0 Å². The number of pyridine rings is 1. The molecule has 0 fully saturated rings. The normalized spacial score (nSPS) is 12.9. The smallest absolute Gasteiger partial charge is 0.233 e. The Morgan fingerprint density at radius 2 is 1.88 bits per heavy atom. The molecule has 3 heterocycles. The molecule has 0 atom stereocenters. The summed E-state index contributed by atoms with van der Waals surface area (Å²) in [5, 5.41) is 9.33.